The lowest BCUT2D eigenvalue weighted by Crippen LogP contribution is -2.04. The third-order valence-electron chi connectivity index (χ3n) is 2.02. The second-order valence-corrected chi connectivity index (χ2v) is 4.03. The van der Waals surface area contributed by atoms with Gasteiger partial charge in [-0.15, -0.1) is 0 Å². The molecule has 0 fully saturated rings. The molecule has 0 aromatic heterocycles. The topological polar surface area (TPSA) is 55.2 Å². The second kappa shape index (κ2) is 5.70. The van der Waals surface area contributed by atoms with Gasteiger partial charge in [-0.3, -0.25) is 10.1 Å². The maximum Gasteiger partial charge on any atom is 0.293 e. The van der Waals surface area contributed by atoms with Gasteiger partial charge in [-0.2, -0.15) is 0 Å². The first kappa shape index (κ1) is 12.0. The molecular formula is C10H13BrN2O2. The van der Waals surface area contributed by atoms with Crippen LogP contribution in [0.1, 0.15) is 19.8 Å². The molecule has 0 amide bonds. The summed E-state index contributed by atoms with van der Waals surface area (Å²) < 4.78 is 0.729. The number of unbranched alkanes of at least 4 members (excludes halogenated alkanes) is 1. The number of nitrogens with zero attached hydrogens (tertiary/aromatic N) is 1. The molecule has 0 aliphatic heterocycles. The summed E-state index contributed by atoms with van der Waals surface area (Å²) in [6.07, 6.45) is 2.06. The van der Waals surface area contributed by atoms with Crippen molar-refractivity contribution in [2.24, 2.45) is 0 Å². The Labute approximate surface area is 97.0 Å². The standard InChI is InChI=1S/C10H13BrN2O2/c1-2-3-7-12-10-8(11)5-4-6-9(10)13(14)15/h4-6,12H,2-3,7H2,1H3. The summed E-state index contributed by atoms with van der Waals surface area (Å²) in [5, 5.41) is 13.8. The van der Waals surface area contributed by atoms with E-state index in [4.69, 9.17) is 0 Å². The van der Waals surface area contributed by atoms with E-state index in [1.165, 1.54) is 6.07 Å². The highest BCUT2D eigenvalue weighted by molar-refractivity contribution is 9.10. The highest BCUT2D eigenvalue weighted by Crippen LogP contribution is 2.31. The summed E-state index contributed by atoms with van der Waals surface area (Å²) in [5.41, 5.74) is 0.677. The molecule has 1 N–H and O–H groups in total. The van der Waals surface area contributed by atoms with Gasteiger partial charge in [0, 0.05) is 17.1 Å². The lowest BCUT2D eigenvalue weighted by Gasteiger charge is -2.07. The Bertz CT molecular complexity index is 355. The van der Waals surface area contributed by atoms with E-state index < -0.39 is 0 Å². The van der Waals surface area contributed by atoms with Crippen molar-refractivity contribution in [2.75, 3.05) is 11.9 Å². The third-order valence-corrected chi connectivity index (χ3v) is 2.68. The highest BCUT2D eigenvalue weighted by atomic mass is 79.9. The van der Waals surface area contributed by atoms with E-state index in [1.807, 2.05) is 0 Å². The molecule has 0 unspecified atom stereocenters. The summed E-state index contributed by atoms with van der Waals surface area (Å²) in [5.74, 6) is 0. The average Bonchev–Trinajstić information content (AvgIpc) is 2.20. The van der Waals surface area contributed by atoms with Gasteiger partial charge in [-0.25, -0.2) is 0 Å². The summed E-state index contributed by atoms with van der Waals surface area (Å²) in [7, 11) is 0. The number of hydrogen-bond acceptors (Lipinski definition) is 3. The Morgan fingerprint density at radius 1 is 1.53 bits per heavy atom. The number of nitro benzene ring substituents is 1. The summed E-state index contributed by atoms with van der Waals surface area (Å²) in [6.45, 7) is 2.83. The normalized spacial score (nSPS) is 10.0. The van der Waals surface area contributed by atoms with Crippen LogP contribution in [-0.4, -0.2) is 11.5 Å². The Hall–Kier alpha value is -1.10. The molecule has 0 aliphatic rings. The minimum Gasteiger partial charge on any atom is -0.379 e. The van der Waals surface area contributed by atoms with Crippen molar-refractivity contribution in [3.05, 3.63) is 32.8 Å². The van der Waals surface area contributed by atoms with Gasteiger partial charge in [0.2, 0.25) is 0 Å². The molecule has 15 heavy (non-hydrogen) atoms. The first-order valence-corrected chi connectivity index (χ1v) is 5.63. The first-order valence-electron chi connectivity index (χ1n) is 4.83. The molecule has 82 valence electrons. The van der Waals surface area contributed by atoms with Crippen molar-refractivity contribution in [1.29, 1.82) is 0 Å². The van der Waals surface area contributed by atoms with E-state index in [-0.39, 0.29) is 10.6 Å². The molecule has 1 rings (SSSR count). The quantitative estimate of drug-likeness (QED) is 0.507. The number of nitro groups is 1. The molecule has 0 bridgehead atoms. The van der Waals surface area contributed by atoms with Crippen LogP contribution in [0.15, 0.2) is 22.7 Å². The zero-order chi connectivity index (χ0) is 11.3. The van der Waals surface area contributed by atoms with Crippen LogP contribution >= 0.6 is 15.9 Å². The smallest absolute Gasteiger partial charge is 0.293 e. The SMILES string of the molecule is CCCCNc1c(Br)cccc1[N+](=O)[O-]. The van der Waals surface area contributed by atoms with Crippen LogP contribution in [0.3, 0.4) is 0 Å². The van der Waals surface area contributed by atoms with Gasteiger partial charge in [0.15, 0.2) is 0 Å². The van der Waals surface area contributed by atoms with Crippen LogP contribution in [0.2, 0.25) is 0 Å². The van der Waals surface area contributed by atoms with Crippen LogP contribution in [0.4, 0.5) is 11.4 Å². The molecule has 0 saturated carbocycles. The molecule has 0 aliphatic carbocycles. The maximum atomic E-state index is 10.8. The fourth-order valence-electron chi connectivity index (χ4n) is 1.23. The van der Waals surface area contributed by atoms with E-state index in [0.717, 1.165) is 23.9 Å². The number of halogens is 1. The molecule has 1 aromatic carbocycles. The number of hydrogen-bond donors (Lipinski definition) is 1. The van der Waals surface area contributed by atoms with Gasteiger partial charge in [-0.1, -0.05) is 19.4 Å². The molecule has 5 heteroatoms. The lowest BCUT2D eigenvalue weighted by molar-refractivity contribution is -0.384. The van der Waals surface area contributed by atoms with Gasteiger partial charge >= 0.3 is 0 Å². The van der Waals surface area contributed by atoms with Crippen molar-refractivity contribution in [1.82, 2.24) is 0 Å². The van der Waals surface area contributed by atoms with Crippen molar-refractivity contribution in [3.63, 3.8) is 0 Å². The summed E-state index contributed by atoms with van der Waals surface area (Å²) in [4.78, 5) is 10.4. The monoisotopic (exact) mass is 272 g/mol. The lowest BCUT2D eigenvalue weighted by atomic mass is 10.2. The third kappa shape index (κ3) is 3.20. The van der Waals surface area contributed by atoms with Crippen molar-refractivity contribution in [2.45, 2.75) is 19.8 Å². The Morgan fingerprint density at radius 2 is 2.27 bits per heavy atom. The van der Waals surface area contributed by atoms with E-state index in [9.17, 15) is 10.1 Å². The van der Waals surface area contributed by atoms with Crippen LogP contribution in [0.5, 0.6) is 0 Å². The Balaban J connectivity index is 2.87. The van der Waals surface area contributed by atoms with Gasteiger partial charge < -0.3 is 5.32 Å². The van der Waals surface area contributed by atoms with Crippen LogP contribution < -0.4 is 5.32 Å². The van der Waals surface area contributed by atoms with E-state index in [1.54, 1.807) is 12.1 Å². The Kier molecular flexibility index (Phi) is 4.55. The molecule has 4 nitrogen and oxygen atoms in total. The van der Waals surface area contributed by atoms with Gasteiger partial charge in [0.25, 0.3) is 5.69 Å². The number of nitrogens with one attached hydrogen (secondary N) is 1. The Morgan fingerprint density at radius 3 is 2.87 bits per heavy atom. The maximum absolute atomic E-state index is 10.8. The second-order valence-electron chi connectivity index (χ2n) is 3.17. The highest BCUT2D eigenvalue weighted by Gasteiger charge is 2.15. The van der Waals surface area contributed by atoms with E-state index in [2.05, 4.69) is 28.2 Å². The molecule has 0 saturated heterocycles. The fraction of sp³-hybridized carbons (Fsp3) is 0.400. The number of para-hydroxylation sites is 1. The average molecular weight is 273 g/mol. The fourth-order valence-corrected chi connectivity index (χ4v) is 1.73. The van der Waals surface area contributed by atoms with Gasteiger partial charge in [-0.05, 0) is 28.4 Å². The zero-order valence-corrected chi connectivity index (χ0v) is 10.1. The minimum absolute atomic E-state index is 0.112. The van der Waals surface area contributed by atoms with Gasteiger partial charge in [0.05, 0.1) is 4.92 Å². The van der Waals surface area contributed by atoms with Crippen molar-refractivity contribution in [3.8, 4) is 0 Å². The predicted molar refractivity (Wildman–Crippen MR) is 64.2 cm³/mol. The molecule has 0 heterocycles. The molecule has 0 spiro atoms. The largest absolute Gasteiger partial charge is 0.379 e. The first-order chi connectivity index (χ1) is 7.16. The summed E-state index contributed by atoms with van der Waals surface area (Å²) in [6, 6.07) is 4.95. The van der Waals surface area contributed by atoms with Crippen LogP contribution in [-0.2, 0) is 0 Å². The predicted octanol–water partition coefficient (Wildman–Crippen LogP) is 3.57. The number of anilines is 1. The van der Waals surface area contributed by atoms with Gasteiger partial charge in [0.1, 0.15) is 5.69 Å². The number of benzene rings is 1. The summed E-state index contributed by atoms with van der Waals surface area (Å²) >= 11 is 3.30. The minimum atomic E-state index is -0.376. The van der Waals surface area contributed by atoms with E-state index in [0.29, 0.717) is 5.69 Å². The van der Waals surface area contributed by atoms with Crippen LogP contribution in [0, 0.1) is 10.1 Å². The van der Waals surface area contributed by atoms with Crippen LogP contribution in [0.25, 0.3) is 0 Å². The molecule has 0 atom stereocenters. The molecule has 1 aromatic rings. The van der Waals surface area contributed by atoms with Crippen molar-refractivity contribution >= 4 is 27.3 Å². The van der Waals surface area contributed by atoms with Crippen molar-refractivity contribution < 1.29 is 4.92 Å². The molecule has 0 radical (unpaired) electrons. The molecular weight excluding hydrogens is 260 g/mol. The number of rotatable bonds is 5. The van der Waals surface area contributed by atoms with E-state index >= 15 is 0 Å². The zero-order valence-electron chi connectivity index (χ0n) is 8.50.